The normalized spacial score (nSPS) is 10.6. The molecule has 0 saturated heterocycles. The zero-order valence-electron chi connectivity index (χ0n) is 3.77. The van der Waals surface area contributed by atoms with Gasteiger partial charge in [-0.3, -0.25) is 0 Å². The number of hydrogen-bond donors (Lipinski definition) is 0. The standard InChI is InChI=1S/2C2H2Cl.Hg/c2*1-2-3;/h2*1-2H;. The first kappa shape index (κ1) is 8.00. The zero-order valence-corrected chi connectivity index (χ0v) is 10.8. The Bertz CT molecular complexity index is 67.8. The van der Waals surface area contributed by atoms with Crippen LogP contribution >= 0.6 is 23.2 Å². The average Bonchev–Trinajstić information content (AvgIpc) is 1.69. The van der Waals surface area contributed by atoms with Gasteiger partial charge in [-0.05, 0) is 0 Å². The molecule has 0 amide bonds. The zero-order chi connectivity index (χ0) is 5.54. The van der Waals surface area contributed by atoms with Crippen LogP contribution in [0.15, 0.2) is 18.2 Å². The maximum absolute atomic E-state index is 5.24. The Morgan fingerprint density at radius 3 is 1.71 bits per heavy atom. The van der Waals surface area contributed by atoms with Gasteiger partial charge in [0.15, 0.2) is 0 Å². The van der Waals surface area contributed by atoms with E-state index in [0.717, 1.165) is 0 Å². The molecule has 0 radical (unpaired) electrons. The van der Waals surface area contributed by atoms with Crippen molar-refractivity contribution in [2.75, 3.05) is 0 Å². The minimum absolute atomic E-state index is 0.829. The fourth-order valence-electron chi connectivity index (χ4n) is 0.181. The first-order valence-electron chi connectivity index (χ1n) is 1.92. The Morgan fingerprint density at radius 2 is 1.43 bits per heavy atom. The summed E-state index contributed by atoms with van der Waals surface area (Å²) < 4.78 is 4.06. The van der Waals surface area contributed by atoms with Crippen molar-refractivity contribution in [3.63, 3.8) is 0 Å². The molecule has 0 fully saturated rings. The van der Waals surface area contributed by atoms with Crippen LogP contribution in [-0.2, 0) is 24.6 Å². The predicted octanol–water partition coefficient (Wildman–Crippen LogP) is 2.49. The molecule has 0 aliphatic rings. The van der Waals surface area contributed by atoms with Gasteiger partial charge in [0.2, 0.25) is 0 Å². The Kier molecular flexibility index (Phi) is 7.99. The third-order valence-electron chi connectivity index (χ3n) is 0.450. The second kappa shape index (κ2) is 7.00. The topological polar surface area (TPSA) is 0 Å². The van der Waals surface area contributed by atoms with Crippen LogP contribution in [0, 0.1) is 0 Å². The predicted molar refractivity (Wildman–Crippen MR) is 30.0 cm³/mol. The molecular formula is C4H4Cl2Hg. The second-order valence-electron chi connectivity index (χ2n) is 0.959. The van der Waals surface area contributed by atoms with Crippen LogP contribution in [0.5, 0.6) is 0 Å². The molecule has 0 spiro atoms. The first-order valence-corrected chi connectivity index (χ1v) is 9.14. The quantitative estimate of drug-likeness (QED) is 0.685. The molecule has 0 N–H and O–H groups in total. The molecule has 0 rings (SSSR count). The molecule has 7 heavy (non-hydrogen) atoms. The molecule has 36 valence electrons. The van der Waals surface area contributed by atoms with E-state index in [1.165, 1.54) is 0 Å². The molecule has 3 heteroatoms. The van der Waals surface area contributed by atoms with Crippen LogP contribution in [0.4, 0.5) is 0 Å². The number of rotatable bonds is 2. The summed E-state index contributed by atoms with van der Waals surface area (Å²) in [5.41, 5.74) is 3.14. The fraction of sp³-hybridized carbons (Fsp3) is 0. The van der Waals surface area contributed by atoms with Gasteiger partial charge in [-0.1, -0.05) is 0 Å². The molecular weight excluding hydrogens is 320 g/mol. The van der Waals surface area contributed by atoms with Crippen LogP contribution in [0.1, 0.15) is 0 Å². The molecule has 0 aromatic heterocycles. The molecule has 0 aromatic carbocycles. The average molecular weight is 324 g/mol. The third kappa shape index (κ3) is 7.00. The summed E-state index contributed by atoms with van der Waals surface area (Å²) in [6.07, 6.45) is 0. The van der Waals surface area contributed by atoms with E-state index in [-0.39, 0.29) is 0 Å². The maximum atomic E-state index is 5.24. The first-order chi connectivity index (χ1) is 3.41. The summed E-state index contributed by atoms with van der Waals surface area (Å²) in [4.78, 5) is 0. The van der Waals surface area contributed by atoms with Gasteiger partial charge in [-0.25, -0.2) is 0 Å². The van der Waals surface area contributed by atoms with Gasteiger partial charge in [-0.2, -0.15) is 0 Å². The summed E-state index contributed by atoms with van der Waals surface area (Å²) >= 11 is 9.64. The van der Waals surface area contributed by atoms with Gasteiger partial charge in [0.25, 0.3) is 0 Å². The van der Waals surface area contributed by atoms with E-state index in [1.807, 2.05) is 7.17 Å². The molecule has 0 saturated carbocycles. The molecule has 0 atom stereocenters. The summed E-state index contributed by atoms with van der Waals surface area (Å²) in [5.74, 6) is 0. The third-order valence-corrected chi connectivity index (χ3v) is 7.08. The van der Waals surface area contributed by atoms with Crippen molar-refractivity contribution in [1.29, 1.82) is 0 Å². The Labute approximate surface area is 65.6 Å². The van der Waals surface area contributed by atoms with E-state index in [9.17, 15) is 0 Å². The van der Waals surface area contributed by atoms with Crippen LogP contribution < -0.4 is 0 Å². The van der Waals surface area contributed by atoms with Crippen molar-refractivity contribution in [2.45, 2.75) is 0 Å². The molecule has 0 unspecified atom stereocenters. The van der Waals surface area contributed by atoms with Crippen molar-refractivity contribution in [3.8, 4) is 0 Å². The molecule has 0 bridgehead atoms. The van der Waals surface area contributed by atoms with Crippen LogP contribution in [0.2, 0.25) is 0 Å². The van der Waals surface area contributed by atoms with Crippen LogP contribution in [0.3, 0.4) is 0 Å². The summed E-state index contributed by atoms with van der Waals surface area (Å²) in [6, 6.07) is 0. The van der Waals surface area contributed by atoms with Crippen molar-refractivity contribution in [3.05, 3.63) is 18.2 Å². The van der Waals surface area contributed by atoms with Crippen LogP contribution in [-0.4, -0.2) is 0 Å². The fourth-order valence-corrected chi connectivity index (χ4v) is 3.40. The van der Waals surface area contributed by atoms with E-state index in [4.69, 9.17) is 23.2 Å². The SMILES string of the molecule is Cl/C=[CH]/[Hg]/[CH]=C/Cl. The van der Waals surface area contributed by atoms with E-state index in [2.05, 4.69) is 0 Å². The van der Waals surface area contributed by atoms with E-state index >= 15 is 0 Å². The number of halogens is 2. The Hall–Kier alpha value is 0.995. The van der Waals surface area contributed by atoms with Crippen molar-refractivity contribution in [2.24, 2.45) is 0 Å². The number of hydrogen-bond acceptors (Lipinski definition) is 0. The second-order valence-corrected chi connectivity index (χ2v) is 6.96. The van der Waals surface area contributed by atoms with Crippen LogP contribution in [0.25, 0.3) is 0 Å². The summed E-state index contributed by atoms with van der Waals surface area (Å²) in [5, 5.41) is 0. The van der Waals surface area contributed by atoms with Gasteiger partial charge in [-0.15, -0.1) is 0 Å². The Balaban J connectivity index is 2.98. The van der Waals surface area contributed by atoms with Gasteiger partial charge in [0.05, 0.1) is 0 Å². The molecule has 0 heterocycles. The van der Waals surface area contributed by atoms with Crippen molar-refractivity contribution < 1.29 is 24.6 Å². The Morgan fingerprint density at radius 1 is 1.00 bits per heavy atom. The van der Waals surface area contributed by atoms with Crippen molar-refractivity contribution >= 4 is 23.2 Å². The van der Waals surface area contributed by atoms with Gasteiger partial charge in [0, 0.05) is 0 Å². The van der Waals surface area contributed by atoms with Gasteiger partial charge >= 0.3 is 66.0 Å². The van der Waals surface area contributed by atoms with E-state index in [1.54, 1.807) is 11.1 Å². The molecule has 0 aliphatic heterocycles. The van der Waals surface area contributed by atoms with Gasteiger partial charge < -0.3 is 0 Å². The monoisotopic (exact) mass is 324 g/mol. The minimum atomic E-state index is -0.829. The molecule has 0 nitrogen and oxygen atoms in total. The van der Waals surface area contributed by atoms with E-state index in [0.29, 0.717) is 0 Å². The molecule has 0 aliphatic carbocycles. The van der Waals surface area contributed by atoms with Gasteiger partial charge in [0.1, 0.15) is 0 Å². The summed E-state index contributed by atoms with van der Waals surface area (Å²) in [7, 11) is 0. The summed E-state index contributed by atoms with van der Waals surface area (Å²) in [6.45, 7) is 0. The van der Waals surface area contributed by atoms with E-state index < -0.39 is 24.6 Å². The molecule has 0 aromatic rings. The van der Waals surface area contributed by atoms with Crippen molar-refractivity contribution in [1.82, 2.24) is 0 Å².